The normalized spacial score (nSPS) is 11.3. The number of nitrogens with zero attached hydrogens (tertiary/aromatic N) is 1. The minimum atomic E-state index is -0.923. The van der Waals surface area contributed by atoms with Gasteiger partial charge < -0.3 is 10.4 Å². The van der Waals surface area contributed by atoms with E-state index >= 15 is 0 Å². The maximum Gasteiger partial charge on any atom is 0.335 e. The highest BCUT2D eigenvalue weighted by atomic mass is 16.4. The fourth-order valence-corrected chi connectivity index (χ4v) is 1.93. The summed E-state index contributed by atoms with van der Waals surface area (Å²) in [5.41, 5.74) is 0.456. The Bertz CT molecular complexity index is 416. The zero-order chi connectivity index (χ0) is 14.3. The van der Waals surface area contributed by atoms with Crippen molar-refractivity contribution in [1.29, 1.82) is 0 Å². The number of carboxylic acids is 1. The van der Waals surface area contributed by atoms with E-state index in [0.29, 0.717) is 5.82 Å². The summed E-state index contributed by atoms with van der Waals surface area (Å²) in [6.45, 7) is 7.44. The van der Waals surface area contributed by atoms with Crippen molar-refractivity contribution in [2.45, 2.75) is 46.5 Å². The number of nitrogens with one attached hydrogen (secondary N) is 1. The first kappa shape index (κ1) is 15.5. The van der Waals surface area contributed by atoms with Crippen molar-refractivity contribution in [2.75, 3.05) is 11.9 Å². The van der Waals surface area contributed by atoms with Crippen LogP contribution in [0.25, 0.3) is 0 Å². The molecular formula is C15H24N2O2. The summed E-state index contributed by atoms with van der Waals surface area (Å²) in [7, 11) is 0. The number of carboxylic acid groups (broad SMARTS) is 1. The van der Waals surface area contributed by atoms with Crippen molar-refractivity contribution in [3.63, 3.8) is 0 Å². The average molecular weight is 264 g/mol. The predicted molar refractivity (Wildman–Crippen MR) is 77.6 cm³/mol. The number of hydrogen-bond acceptors (Lipinski definition) is 3. The molecule has 106 valence electrons. The predicted octanol–water partition coefficient (Wildman–Crippen LogP) is 3.80. The second kappa shape index (κ2) is 7.12. The number of carbonyl (C=O) groups is 1. The lowest BCUT2D eigenvalue weighted by Crippen LogP contribution is -2.23. The minimum absolute atomic E-state index is 0.191. The fraction of sp³-hybridized carbons (Fsp3) is 0.600. The summed E-state index contributed by atoms with van der Waals surface area (Å²) in [5.74, 6) is -0.295. The molecule has 4 nitrogen and oxygen atoms in total. The van der Waals surface area contributed by atoms with Gasteiger partial charge in [-0.05, 0) is 24.0 Å². The Labute approximate surface area is 115 Å². The molecule has 0 aliphatic heterocycles. The van der Waals surface area contributed by atoms with Crippen LogP contribution in [-0.4, -0.2) is 22.6 Å². The molecular weight excluding hydrogens is 240 g/mol. The lowest BCUT2D eigenvalue weighted by atomic mass is 9.87. The van der Waals surface area contributed by atoms with E-state index in [2.05, 4.69) is 31.1 Å². The van der Waals surface area contributed by atoms with Gasteiger partial charge in [-0.15, -0.1) is 0 Å². The fourth-order valence-electron chi connectivity index (χ4n) is 1.93. The Balaban J connectivity index is 2.51. The van der Waals surface area contributed by atoms with E-state index in [1.54, 1.807) is 6.07 Å². The number of anilines is 1. The zero-order valence-electron chi connectivity index (χ0n) is 12.1. The molecule has 0 bridgehead atoms. The maximum atomic E-state index is 10.9. The van der Waals surface area contributed by atoms with Crippen LogP contribution in [0.4, 0.5) is 5.82 Å². The van der Waals surface area contributed by atoms with Gasteiger partial charge >= 0.3 is 5.97 Å². The van der Waals surface area contributed by atoms with Gasteiger partial charge in [-0.1, -0.05) is 40.0 Å². The molecule has 1 aromatic rings. The van der Waals surface area contributed by atoms with Crippen molar-refractivity contribution in [3.8, 4) is 0 Å². The minimum Gasteiger partial charge on any atom is -0.478 e. The third-order valence-corrected chi connectivity index (χ3v) is 3.21. The lowest BCUT2D eigenvalue weighted by Gasteiger charge is -2.25. The van der Waals surface area contributed by atoms with Crippen LogP contribution in [0.3, 0.4) is 0 Å². The van der Waals surface area contributed by atoms with Crippen LogP contribution in [0.5, 0.6) is 0 Å². The molecule has 1 aromatic heterocycles. The molecule has 0 spiro atoms. The summed E-state index contributed by atoms with van der Waals surface area (Å²) >= 11 is 0. The Kier molecular flexibility index (Phi) is 5.80. The first-order valence-electron chi connectivity index (χ1n) is 6.88. The van der Waals surface area contributed by atoms with E-state index in [-0.39, 0.29) is 11.0 Å². The topological polar surface area (TPSA) is 62.2 Å². The molecule has 0 aromatic carbocycles. The van der Waals surface area contributed by atoms with Crippen molar-refractivity contribution < 1.29 is 9.90 Å². The first-order chi connectivity index (χ1) is 8.94. The van der Waals surface area contributed by atoms with E-state index in [0.717, 1.165) is 13.0 Å². The van der Waals surface area contributed by atoms with Gasteiger partial charge in [-0.3, -0.25) is 0 Å². The number of rotatable bonds is 8. The van der Waals surface area contributed by atoms with E-state index in [1.165, 1.54) is 31.5 Å². The van der Waals surface area contributed by atoms with Gasteiger partial charge in [0.05, 0.1) is 5.56 Å². The second-order valence-electron chi connectivity index (χ2n) is 5.71. The van der Waals surface area contributed by atoms with E-state index in [4.69, 9.17) is 5.11 Å². The molecule has 4 heteroatoms. The maximum absolute atomic E-state index is 10.9. The Morgan fingerprint density at radius 2 is 2.16 bits per heavy atom. The molecule has 1 rings (SSSR count). The van der Waals surface area contributed by atoms with Gasteiger partial charge in [0.15, 0.2) is 0 Å². The van der Waals surface area contributed by atoms with E-state index < -0.39 is 5.97 Å². The van der Waals surface area contributed by atoms with Crippen molar-refractivity contribution >= 4 is 11.8 Å². The number of hydrogen-bond donors (Lipinski definition) is 2. The Morgan fingerprint density at radius 1 is 1.42 bits per heavy atom. The molecule has 2 N–H and O–H groups in total. The molecule has 0 saturated heterocycles. The summed E-state index contributed by atoms with van der Waals surface area (Å²) in [4.78, 5) is 15.0. The summed E-state index contributed by atoms with van der Waals surface area (Å²) in [6.07, 6.45) is 6.40. The highest BCUT2D eigenvalue weighted by Crippen LogP contribution is 2.24. The highest BCUT2D eigenvalue weighted by molar-refractivity contribution is 5.88. The largest absolute Gasteiger partial charge is 0.478 e. The average Bonchev–Trinajstić information content (AvgIpc) is 2.37. The van der Waals surface area contributed by atoms with Crippen LogP contribution >= 0.6 is 0 Å². The van der Waals surface area contributed by atoms with Gasteiger partial charge in [0.1, 0.15) is 5.82 Å². The van der Waals surface area contributed by atoms with Crippen LogP contribution < -0.4 is 5.32 Å². The van der Waals surface area contributed by atoms with Gasteiger partial charge in [0.2, 0.25) is 0 Å². The number of pyridine rings is 1. The highest BCUT2D eigenvalue weighted by Gasteiger charge is 2.17. The lowest BCUT2D eigenvalue weighted by molar-refractivity contribution is 0.0697. The third-order valence-electron chi connectivity index (χ3n) is 3.21. The molecule has 0 amide bonds. The van der Waals surface area contributed by atoms with Crippen LogP contribution in [0, 0.1) is 5.41 Å². The number of unbranched alkanes of at least 4 members (excludes halogenated alkanes) is 2. The molecule has 0 fully saturated rings. The summed E-state index contributed by atoms with van der Waals surface area (Å²) in [5, 5.41) is 12.2. The molecule has 0 radical (unpaired) electrons. The molecule has 0 atom stereocenters. The first-order valence-corrected chi connectivity index (χ1v) is 6.88. The number of aromatic carboxylic acids is 1. The zero-order valence-corrected chi connectivity index (χ0v) is 12.1. The molecule has 0 saturated carbocycles. The van der Waals surface area contributed by atoms with Gasteiger partial charge in [-0.2, -0.15) is 0 Å². The molecule has 1 heterocycles. The van der Waals surface area contributed by atoms with Crippen molar-refractivity contribution in [3.05, 3.63) is 23.9 Å². The third kappa shape index (κ3) is 5.73. The molecule has 0 aliphatic rings. The second-order valence-corrected chi connectivity index (χ2v) is 5.71. The molecule has 0 aliphatic carbocycles. The smallest absolute Gasteiger partial charge is 0.335 e. The molecule has 19 heavy (non-hydrogen) atoms. The van der Waals surface area contributed by atoms with E-state index in [1.807, 2.05) is 0 Å². The quantitative estimate of drug-likeness (QED) is 0.701. The summed E-state index contributed by atoms with van der Waals surface area (Å²) < 4.78 is 0. The standard InChI is InChI=1S/C15H24N2O2/c1-4-5-6-8-15(2,3)11-17-13-10-12(14(18)19)7-9-16-13/h7,9-10H,4-6,8,11H2,1-3H3,(H,16,17)(H,18,19). The Morgan fingerprint density at radius 3 is 2.79 bits per heavy atom. The van der Waals surface area contributed by atoms with E-state index in [9.17, 15) is 4.79 Å². The van der Waals surface area contributed by atoms with Crippen molar-refractivity contribution in [2.24, 2.45) is 5.41 Å². The van der Waals surface area contributed by atoms with Crippen LogP contribution in [0.2, 0.25) is 0 Å². The van der Waals surface area contributed by atoms with Crippen molar-refractivity contribution in [1.82, 2.24) is 4.98 Å². The summed E-state index contributed by atoms with van der Waals surface area (Å²) in [6, 6.07) is 3.07. The Hall–Kier alpha value is -1.58. The SMILES string of the molecule is CCCCCC(C)(C)CNc1cc(C(=O)O)ccn1. The van der Waals surface area contributed by atoms with Crippen LogP contribution in [-0.2, 0) is 0 Å². The number of aromatic nitrogens is 1. The van der Waals surface area contributed by atoms with Gasteiger partial charge in [-0.25, -0.2) is 9.78 Å². The van der Waals surface area contributed by atoms with Gasteiger partial charge in [0.25, 0.3) is 0 Å². The molecule has 0 unspecified atom stereocenters. The van der Waals surface area contributed by atoms with Gasteiger partial charge in [0, 0.05) is 12.7 Å². The van der Waals surface area contributed by atoms with Crippen LogP contribution in [0.15, 0.2) is 18.3 Å². The van der Waals surface area contributed by atoms with Crippen LogP contribution in [0.1, 0.15) is 56.8 Å². The monoisotopic (exact) mass is 264 g/mol.